The fraction of sp³-hybridized carbons (Fsp3) is 0.333. The van der Waals surface area contributed by atoms with E-state index in [1.807, 2.05) is 33.2 Å². The quantitative estimate of drug-likeness (QED) is 0.892. The van der Waals surface area contributed by atoms with Crippen LogP contribution in [-0.4, -0.2) is 36.6 Å². The maximum atomic E-state index is 12.1. The molecule has 2 aromatic rings. The fourth-order valence-corrected chi connectivity index (χ4v) is 2.34. The summed E-state index contributed by atoms with van der Waals surface area (Å²) in [6.07, 6.45) is 1.66. The first kappa shape index (κ1) is 17.0. The summed E-state index contributed by atoms with van der Waals surface area (Å²) in [5.41, 5.74) is 3.34. The van der Waals surface area contributed by atoms with Crippen molar-refractivity contribution in [2.45, 2.75) is 19.9 Å². The van der Waals surface area contributed by atoms with Crippen molar-refractivity contribution in [3.05, 3.63) is 59.3 Å². The highest BCUT2D eigenvalue weighted by Gasteiger charge is 2.15. The average molecular weight is 312 g/mol. The van der Waals surface area contributed by atoms with Gasteiger partial charge < -0.3 is 10.2 Å². The molecule has 0 saturated carbocycles. The van der Waals surface area contributed by atoms with Crippen LogP contribution in [0, 0.1) is 13.8 Å². The van der Waals surface area contributed by atoms with E-state index >= 15 is 0 Å². The number of carbonyl (C=O) groups excluding carboxylic acids is 1. The molecule has 5 nitrogen and oxygen atoms in total. The minimum Gasteiger partial charge on any atom is -0.336 e. The van der Waals surface area contributed by atoms with Gasteiger partial charge in [-0.2, -0.15) is 0 Å². The van der Waals surface area contributed by atoms with Gasteiger partial charge in [-0.05, 0) is 45.1 Å². The molecule has 23 heavy (non-hydrogen) atoms. The molecule has 1 aromatic heterocycles. The number of urea groups is 1. The summed E-state index contributed by atoms with van der Waals surface area (Å²) >= 11 is 0. The lowest BCUT2D eigenvalue weighted by Gasteiger charge is -2.25. The fourth-order valence-electron chi connectivity index (χ4n) is 2.34. The topological polar surface area (TPSA) is 57.3 Å². The second-order valence-electron chi connectivity index (χ2n) is 5.89. The van der Waals surface area contributed by atoms with E-state index in [4.69, 9.17) is 0 Å². The molecule has 0 aliphatic heterocycles. The van der Waals surface area contributed by atoms with Crippen molar-refractivity contribution in [3.63, 3.8) is 0 Å². The first-order valence-electron chi connectivity index (χ1n) is 7.67. The average Bonchev–Trinajstić information content (AvgIpc) is 2.51. The normalized spacial score (nSPS) is 12.0. The molecule has 5 heteroatoms. The molecule has 2 amide bonds. The van der Waals surface area contributed by atoms with Crippen LogP contribution in [0.25, 0.3) is 0 Å². The zero-order valence-corrected chi connectivity index (χ0v) is 14.1. The molecular formula is C18H24N4O. The number of amides is 2. The van der Waals surface area contributed by atoms with Crippen LogP contribution >= 0.6 is 0 Å². The second-order valence-corrected chi connectivity index (χ2v) is 5.89. The minimum atomic E-state index is -0.245. The summed E-state index contributed by atoms with van der Waals surface area (Å²) in [6.45, 7) is 4.50. The number of benzene rings is 1. The zero-order valence-electron chi connectivity index (χ0n) is 14.1. The van der Waals surface area contributed by atoms with Gasteiger partial charge in [-0.3, -0.25) is 5.32 Å². The van der Waals surface area contributed by atoms with Crippen LogP contribution in [0.3, 0.4) is 0 Å². The highest BCUT2D eigenvalue weighted by atomic mass is 16.2. The Morgan fingerprint density at radius 1 is 1.17 bits per heavy atom. The lowest BCUT2D eigenvalue weighted by atomic mass is 10.0. The van der Waals surface area contributed by atoms with Gasteiger partial charge in [-0.15, -0.1) is 0 Å². The Kier molecular flexibility index (Phi) is 5.71. The van der Waals surface area contributed by atoms with Crippen molar-refractivity contribution >= 4 is 11.8 Å². The molecule has 1 aromatic carbocycles. The summed E-state index contributed by atoms with van der Waals surface area (Å²) in [4.78, 5) is 18.4. The lowest BCUT2D eigenvalue weighted by Crippen LogP contribution is -2.37. The van der Waals surface area contributed by atoms with Crippen LogP contribution in [-0.2, 0) is 0 Å². The van der Waals surface area contributed by atoms with Gasteiger partial charge in [0.1, 0.15) is 5.82 Å². The molecule has 0 aliphatic carbocycles. The number of aryl methyl sites for hydroxylation is 2. The Morgan fingerprint density at radius 3 is 2.48 bits per heavy atom. The third-order valence-electron chi connectivity index (χ3n) is 3.78. The van der Waals surface area contributed by atoms with Crippen molar-refractivity contribution in [1.82, 2.24) is 15.2 Å². The van der Waals surface area contributed by atoms with Crippen LogP contribution in [0.4, 0.5) is 10.6 Å². The molecule has 2 N–H and O–H groups in total. The molecule has 0 radical (unpaired) electrons. The number of likely N-dealkylation sites (N-methyl/N-ethyl adjacent to an activating group) is 1. The van der Waals surface area contributed by atoms with Gasteiger partial charge in [0, 0.05) is 12.7 Å². The smallest absolute Gasteiger partial charge is 0.320 e. The largest absolute Gasteiger partial charge is 0.336 e. The molecule has 2 rings (SSSR count). The standard InChI is InChI=1S/C18H24N4O/c1-13-7-9-15(10-8-13)16(22(3)4)12-20-18(23)21-17-14(2)6-5-11-19-17/h5-11,16H,12H2,1-4H3,(H2,19,20,21,23)/t16-/m1/s1. The van der Waals surface area contributed by atoms with Gasteiger partial charge >= 0.3 is 6.03 Å². The summed E-state index contributed by atoms with van der Waals surface area (Å²) < 4.78 is 0. The van der Waals surface area contributed by atoms with Crippen molar-refractivity contribution in [3.8, 4) is 0 Å². The van der Waals surface area contributed by atoms with Crippen LogP contribution in [0.5, 0.6) is 0 Å². The van der Waals surface area contributed by atoms with Crippen molar-refractivity contribution < 1.29 is 4.79 Å². The van der Waals surface area contributed by atoms with Crippen LogP contribution in [0.1, 0.15) is 22.7 Å². The van der Waals surface area contributed by atoms with Gasteiger partial charge in [0.15, 0.2) is 0 Å². The van der Waals surface area contributed by atoms with E-state index in [1.165, 1.54) is 11.1 Å². The van der Waals surface area contributed by atoms with Gasteiger partial charge in [-0.1, -0.05) is 35.9 Å². The van der Waals surface area contributed by atoms with E-state index in [1.54, 1.807) is 6.20 Å². The Balaban J connectivity index is 1.97. The number of anilines is 1. The van der Waals surface area contributed by atoms with Crippen LogP contribution < -0.4 is 10.6 Å². The molecule has 122 valence electrons. The number of rotatable bonds is 5. The van der Waals surface area contributed by atoms with Crippen LogP contribution in [0.2, 0.25) is 0 Å². The zero-order chi connectivity index (χ0) is 16.8. The predicted octanol–water partition coefficient (Wildman–Crippen LogP) is 3.12. The third-order valence-corrected chi connectivity index (χ3v) is 3.78. The van der Waals surface area contributed by atoms with E-state index in [-0.39, 0.29) is 12.1 Å². The van der Waals surface area contributed by atoms with E-state index < -0.39 is 0 Å². The minimum absolute atomic E-state index is 0.117. The number of nitrogens with one attached hydrogen (secondary N) is 2. The number of carbonyl (C=O) groups is 1. The number of aromatic nitrogens is 1. The van der Waals surface area contributed by atoms with Crippen LogP contribution in [0.15, 0.2) is 42.6 Å². The van der Waals surface area contributed by atoms with Crippen molar-refractivity contribution in [1.29, 1.82) is 0 Å². The second kappa shape index (κ2) is 7.74. The van der Waals surface area contributed by atoms with Gasteiger partial charge in [0.25, 0.3) is 0 Å². The number of hydrogen-bond acceptors (Lipinski definition) is 3. The van der Waals surface area contributed by atoms with E-state index in [0.717, 1.165) is 5.56 Å². The maximum Gasteiger partial charge on any atom is 0.320 e. The molecule has 1 atom stereocenters. The number of pyridine rings is 1. The summed E-state index contributed by atoms with van der Waals surface area (Å²) in [5, 5.41) is 5.71. The molecule has 0 aliphatic rings. The molecule has 0 unspecified atom stereocenters. The van der Waals surface area contributed by atoms with Gasteiger partial charge in [0.2, 0.25) is 0 Å². The monoisotopic (exact) mass is 312 g/mol. The van der Waals surface area contributed by atoms with E-state index in [9.17, 15) is 4.79 Å². The Bertz CT molecular complexity index is 652. The Labute approximate surface area is 137 Å². The SMILES string of the molecule is Cc1ccc([C@@H](CNC(=O)Nc2ncccc2C)N(C)C)cc1. The molecule has 0 spiro atoms. The highest BCUT2D eigenvalue weighted by Crippen LogP contribution is 2.18. The first-order chi connectivity index (χ1) is 11.0. The third kappa shape index (κ3) is 4.79. The molecule has 0 fully saturated rings. The summed E-state index contributed by atoms with van der Waals surface area (Å²) in [6, 6.07) is 12.0. The Hall–Kier alpha value is -2.40. The van der Waals surface area contributed by atoms with E-state index in [0.29, 0.717) is 12.4 Å². The van der Waals surface area contributed by atoms with Crippen molar-refractivity contribution in [2.75, 3.05) is 26.0 Å². The van der Waals surface area contributed by atoms with Gasteiger partial charge in [0.05, 0.1) is 6.04 Å². The number of nitrogens with zero attached hydrogens (tertiary/aromatic N) is 2. The van der Waals surface area contributed by atoms with Gasteiger partial charge in [-0.25, -0.2) is 9.78 Å². The predicted molar refractivity (Wildman–Crippen MR) is 93.6 cm³/mol. The molecule has 1 heterocycles. The van der Waals surface area contributed by atoms with Crippen molar-refractivity contribution in [2.24, 2.45) is 0 Å². The highest BCUT2D eigenvalue weighted by molar-refractivity contribution is 5.88. The lowest BCUT2D eigenvalue weighted by molar-refractivity contribution is 0.243. The Morgan fingerprint density at radius 2 is 1.87 bits per heavy atom. The molecular weight excluding hydrogens is 288 g/mol. The molecule has 0 saturated heterocycles. The summed E-state index contributed by atoms with van der Waals surface area (Å²) in [7, 11) is 4.01. The maximum absolute atomic E-state index is 12.1. The number of hydrogen-bond donors (Lipinski definition) is 2. The first-order valence-corrected chi connectivity index (χ1v) is 7.67. The summed E-state index contributed by atoms with van der Waals surface area (Å²) in [5.74, 6) is 0.585. The molecule has 0 bridgehead atoms. The van der Waals surface area contributed by atoms with E-state index in [2.05, 4.69) is 51.7 Å².